The molecule has 1 aliphatic heterocycles. The third kappa shape index (κ3) is 3.34. The highest BCUT2D eigenvalue weighted by atomic mass is 16.5. The third-order valence-electron chi connectivity index (χ3n) is 4.32. The van der Waals surface area contributed by atoms with Crippen LogP contribution in [0.15, 0.2) is 36.7 Å². The molecule has 2 aromatic rings. The largest absolute Gasteiger partial charge is 0.383 e. The van der Waals surface area contributed by atoms with Crippen molar-refractivity contribution in [2.75, 3.05) is 33.4 Å². The molecule has 0 spiro atoms. The van der Waals surface area contributed by atoms with Crippen LogP contribution < -0.4 is 0 Å². The van der Waals surface area contributed by atoms with Gasteiger partial charge in [-0.1, -0.05) is 30.3 Å². The molecule has 4 nitrogen and oxygen atoms in total. The Labute approximate surface area is 126 Å². The van der Waals surface area contributed by atoms with Crippen LogP contribution in [0.4, 0.5) is 0 Å². The lowest BCUT2D eigenvalue weighted by atomic mass is 9.91. The summed E-state index contributed by atoms with van der Waals surface area (Å²) in [5, 5.41) is 0. The first-order valence-electron chi connectivity index (χ1n) is 7.68. The molecule has 0 atom stereocenters. The fraction of sp³-hybridized carbons (Fsp3) is 0.471. The number of aromatic amines is 1. The first kappa shape index (κ1) is 14.3. The third-order valence-corrected chi connectivity index (χ3v) is 4.32. The number of nitrogens with zero attached hydrogens (tertiary/aromatic N) is 2. The number of imidazole rings is 1. The van der Waals surface area contributed by atoms with Crippen molar-refractivity contribution in [3.8, 4) is 11.3 Å². The van der Waals surface area contributed by atoms with E-state index in [1.165, 1.54) is 24.1 Å². The standard InChI is InChI=1S/C17H23N3O/c1-21-12-11-20-9-7-15(8-10-20)17-16(18-13-19-17)14-5-3-2-4-6-14/h2-6,13,15H,7-12H2,1H3,(H,18,19). The minimum absolute atomic E-state index is 0.585. The van der Waals surface area contributed by atoms with E-state index in [9.17, 15) is 0 Å². The van der Waals surface area contributed by atoms with Gasteiger partial charge in [-0.05, 0) is 25.9 Å². The Morgan fingerprint density at radius 2 is 2.00 bits per heavy atom. The summed E-state index contributed by atoms with van der Waals surface area (Å²) in [6.07, 6.45) is 4.20. The Kier molecular flexibility index (Phi) is 4.68. The Bertz CT molecular complexity index is 544. The van der Waals surface area contributed by atoms with E-state index in [0.717, 1.165) is 31.9 Å². The van der Waals surface area contributed by atoms with Crippen LogP contribution in [0.3, 0.4) is 0 Å². The number of hydrogen-bond donors (Lipinski definition) is 1. The van der Waals surface area contributed by atoms with Crippen LogP contribution in [0.5, 0.6) is 0 Å². The monoisotopic (exact) mass is 285 g/mol. The Morgan fingerprint density at radius 3 is 2.71 bits per heavy atom. The number of rotatable bonds is 5. The number of nitrogens with one attached hydrogen (secondary N) is 1. The average molecular weight is 285 g/mol. The summed E-state index contributed by atoms with van der Waals surface area (Å²) in [6.45, 7) is 4.14. The fourth-order valence-electron chi connectivity index (χ4n) is 3.11. The van der Waals surface area contributed by atoms with Crippen molar-refractivity contribution in [1.82, 2.24) is 14.9 Å². The summed E-state index contributed by atoms with van der Waals surface area (Å²) in [4.78, 5) is 10.4. The maximum atomic E-state index is 5.16. The number of likely N-dealkylation sites (tertiary alicyclic amines) is 1. The lowest BCUT2D eigenvalue weighted by molar-refractivity contribution is 0.130. The SMILES string of the molecule is COCCN1CCC(c2[nH]cnc2-c2ccccc2)CC1. The quantitative estimate of drug-likeness (QED) is 0.918. The molecule has 1 aromatic carbocycles. The molecule has 0 radical (unpaired) electrons. The predicted octanol–water partition coefficient (Wildman–Crippen LogP) is 2.90. The molecule has 0 unspecified atom stereocenters. The van der Waals surface area contributed by atoms with Gasteiger partial charge in [-0.3, -0.25) is 0 Å². The van der Waals surface area contributed by atoms with Crippen molar-refractivity contribution < 1.29 is 4.74 Å². The van der Waals surface area contributed by atoms with Gasteiger partial charge in [-0.2, -0.15) is 0 Å². The molecule has 0 aliphatic carbocycles. The van der Waals surface area contributed by atoms with E-state index in [1.807, 2.05) is 12.4 Å². The van der Waals surface area contributed by atoms with Gasteiger partial charge in [0.05, 0.1) is 18.6 Å². The zero-order valence-electron chi connectivity index (χ0n) is 12.6. The van der Waals surface area contributed by atoms with Crippen molar-refractivity contribution in [1.29, 1.82) is 0 Å². The molecule has 1 N–H and O–H groups in total. The first-order chi connectivity index (χ1) is 10.4. The second kappa shape index (κ2) is 6.87. The van der Waals surface area contributed by atoms with E-state index in [-0.39, 0.29) is 0 Å². The molecule has 21 heavy (non-hydrogen) atoms. The maximum absolute atomic E-state index is 5.16. The van der Waals surface area contributed by atoms with Crippen LogP contribution >= 0.6 is 0 Å². The molecule has 0 bridgehead atoms. The summed E-state index contributed by atoms with van der Waals surface area (Å²) in [5.41, 5.74) is 3.62. The van der Waals surface area contributed by atoms with E-state index in [0.29, 0.717) is 5.92 Å². The molecule has 112 valence electrons. The van der Waals surface area contributed by atoms with Crippen molar-refractivity contribution in [3.05, 3.63) is 42.4 Å². The van der Waals surface area contributed by atoms with Gasteiger partial charge in [0.2, 0.25) is 0 Å². The number of piperidine rings is 1. The highest BCUT2D eigenvalue weighted by molar-refractivity contribution is 5.62. The average Bonchev–Trinajstić information content (AvgIpc) is 3.04. The van der Waals surface area contributed by atoms with Crippen molar-refractivity contribution >= 4 is 0 Å². The summed E-state index contributed by atoms with van der Waals surface area (Å²) >= 11 is 0. The molecule has 1 aliphatic rings. The highest BCUT2D eigenvalue weighted by Crippen LogP contribution is 2.32. The normalized spacial score (nSPS) is 17.2. The van der Waals surface area contributed by atoms with Gasteiger partial charge in [-0.15, -0.1) is 0 Å². The number of benzene rings is 1. The van der Waals surface area contributed by atoms with Crippen LogP contribution in [-0.2, 0) is 4.74 Å². The molecule has 1 fully saturated rings. The van der Waals surface area contributed by atoms with Gasteiger partial charge in [0.15, 0.2) is 0 Å². The zero-order chi connectivity index (χ0) is 14.5. The van der Waals surface area contributed by atoms with Crippen LogP contribution in [0, 0.1) is 0 Å². The Balaban J connectivity index is 1.68. The molecule has 2 heterocycles. The van der Waals surface area contributed by atoms with E-state index in [1.54, 1.807) is 7.11 Å². The highest BCUT2D eigenvalue weighted by Gasteiger charge is 2.24. The second-order valence-corrected chi connectivity index (χ2v) is 5.64. The van der Waals surface area contributed by atoms with Gasteiger partial charge in [-0.25, -0.2) is 4.98 Å². The van der Waals surface area contributed by atoms with E-state index in [2.05, 4.69) is 39.1 Å². The van der Waals surface area contributed by atoms with Crippen LogP contribution in [-0.4, -0.2) is 48.2 Å². The van der Waals surface area contributed by atoms with Gasteiger partial charge in [0.1, 0.15) is 0 Å². The van der Waals surface area contributed by atoms with Gasteiger partial charge in [0.25, 0.3) is 0 Å². The summed E-state index contributed by atoms with van der Waals surface area (Å²) < 4.78 is 5.16. The number of H-pyrrole nitrogens is 1. The summed E-state index contributed by atoms with van der Waals surface area (Å²) in [6, 6.07) is 10.5. The van der Waals surface area contributed by atoms with Crippen molar-refractivity contribution in [2.45, 2.75) is 18.8 Å². The minimum atomic E-state index is 0.585. The van der Waals surface area contributed by atoms with Crippen LogP contribution in [0.2, 0.25) is 0 Å². The zero-order valence-corrected chi connectivity index (χ0v) is 12.6. The maximum Gasteiger partial charge on any atom is 0.0929 e. The van der Waals surface area contributed by atoms with Crippen LogP contribution in [0.25, 0.3) is 11.3 Å². The first-order valence-corrected chi connectivity index (χ1v) is 7.68. The molecule has 0 amide bonds. The summed E-state index contributed by atoms with van der Waals surface area (Å²) in [7, 11) is 1.77. The van der Waals surface area contributed by atoms with Gasteiger partial charge in [0, 0.05) is 30.8 Å². The summed E-state index contributed by atoms with van der Waals surface area (Å²) in [5.74, 6) is 0.585. The van der Waals surface area contributed by atoms with Crippen molar-refractivity contribution in [3.63, 3.8) is 0 Å². The van der Waals surface area contributed by atoms with Gasteiger partial charge < -0.3 is 14.6 Å². The molecule has 3 rings (SSSR count). The van der Waals surface area contributed by atoms with Gasteiger partial charge >= 0.3 is 0 Å². The lowest BCUT2D eigenvalue weighted by Gasteiger charge is -2.31. The Morgan fingerprint density at radius 1 is 1.24 bits per heavy atom. The number of aromatic nitrogens is 2. The van der Waals surface area contributed by atoms with E-state index >= 15 is 0 Å². The molecule has 1 aromatic heterocycles. The topological polar surface area (TPSA) is 41.1 Å². The number of methoxy groups -OCH3 is 1. The minimum Gasteiger partial charge on any atom is -0.383 e. The predicted molar refractivity (Wildman–Crippen MR) is 84.3 cm³/mol. The lowest BCUT2D eigenvalue weighted by Crippen LogP contribution is -2.35. The Hall–Kier alpha value is -1.65. The fourth-order valence-corrected chi connectivity index (χ4v) is 3.11. The number of ether oxygens (including phenoxy) is 1. The van der Waals surface area contributed by atoms with Crippen LogP contribution in [0.1, 0.15) is 24.5 Å². The molecular weight excluding hydrogens is 262 g/mol. The molecule has 4 heteroatoms. The second-order valence-electron chi connectivity index (χ2n) is 5.64. The molecular formula is C17H23N3O. The number of hydrogen-bond acceptors (Lipinski definition) is 3. The molecule has 0 saturated carbocycles. The van der Waals surface area contributed by atoms with Crippen molar-refractivity contribution in [2.24, 2.45) is 0 Å². The van der Waals surface area contributed by atoms with E-state index in [4.69, 9.17) is 4.74 Å². The van der Waals surface area contributed by atoms with E-state index < -0.39 is 0 Å². The smallest absolute Gasteiger partial charge is 0.0929 e. The molecule has 1 saturated heterocycles.